The standard InChI is InChI=1S/C64H107O11P/c1-4-7-10-13-16-19-22-25-28-30-33-35-38-41-44-47-50-53-62(66)71-57-61(75-64(68)55-52-49-46-43-40-37-34-31-29-26-23-20-17-14-11-8-5-2)59-73-76(69,70)72-58-60(56-65)74-63(67)54-51-48-45-42-39-36-32-27-24-21-18-15-12-9-6-3/h8-9,11-12,17-18,20-21,26-27,29,32,34,37,39,42,48,51,60-61,65H,4-7,10,13-16,19,22-25,28,30-31,33,35-36,38,40-41,43-47,49-50,52-59H2,1-3H3,(H,69,70)/b11-8-,12-9-,20-17-,21-18-,29-26-,32-27-,37-34-,42-39-,51-48-. The Labute approximate surface area is 463 Å². The van der Waals surface area contributed by atoms with Gasteiger partial charge in [0.05, 0.1) is 26.2 Å². The number of hydrogen-bond donors (Lipinski definition) is 2. The molecule has 0 spiro atoms. The summed E-state index contributed by atoms with van der Waals surface area (Å²) in [7, 11) is -4.79. The molecule has 2 N–H and O–H groups in total. The molecule has 0 amide bonds. The van der Waals surface area contributed by atoms with E-state index in [9.17, 15) is 28.9 Å². The highest BCUT2D eigenvalue weighted by Gasteiger charge is 2.28. The maximum Gasteiger partial charge on any atom is 0.472 e. The molecule has 0 radical (unpaired) electrons. The fraction of sp³-hybridized carbons (Fsp3) is 0.672. The topological polar surface area (TPSA) is 155 Å². The molecule has 0 aromatic rings. The van der Waals surface area contributed by atoms with Gasteiger partial charge < -0.3 is 24.2 Å². The van der Waals surface area contributed by atoms with Crippen LogP contribution in [-0.4, -0.2) is 66.5 Å². The number of phosphoric ester groups is 1. The van der Waals surface area contributed by atoms with Crippen LogP contribution in [0.3, 0.4) is 0 Å². The van der Waals surface area contributed by atoms with Crippen LogP contribution in [0.2, 0.25) is 0 Å². The van der Waals surface area contributed by atoms with E-state index in [1.807, 2.05) is 18.2 Å². The van der Waals surface area contributed by atoms with Gasteiger partial charge in [-0.25, -0.2) is 4.57 Å². The molecule has 0 heterocycles. The molecule has 11 nitrogen and oxygen atoms in total. The van der Waals surface area contributed by atoms with E-state index in [1.165, 1.54) is 83.5 Å². The van der Waals surface area contributed by atoms with Crippen LogP contribution >= 0.6 is 7.82 Å². The number of unbranched alkanes of at least 4 members (excludes halogenated alkanes) is 20. The molecule has 0 saturated heterocycles. The third-order valence-electron chi connectivity index (χ3n) is 12.2. The first-order valence-electron chi connectivity index (χ1n) is 29.8. The summed E-state index contributed by atoms with van der Waals surface area (Å²) in [6.07, 6.45) is 69.3. The van der Waals surface area contributed by atoms with E-state index >= 15 is 0 Å². The van der Waals surface area contributed by atoms with Crippen molar-refractivity contribution >= 4 is 25.7 Å². The van der Waals surface area contributed by atoms with Crippen LogP contribution < -0.4 is 0 Å². The van der Waals surface area contributed by atoms with E-state index in [0.29, 0.717) is 19.3 Å². The van der Waals surface area contributed by atoms with Crippen LogP contribution in [-0.2, 0) is 42.2 Å². The molecule has 0 fully saturated rings. The Morgan fingerprint density at radius 3 is 1.16 bits per heavy atom. The highest BCUT2D eigenvalue weighted by Crippen LogP contribution is 2.43. The Morgan fingerprint density at radius 1 is 0.395 bits per heavy atom. The minimum absolute atomic E-state index is 0.0609. The van der Waals surface area contributed by atoms with Gasteiger partial charge in [0.15, 0.2) is 6.10 Å². The van der Waals surface area contributed by atoms with Crippen molar-refractivity contribution in [3.05, 3.63) is 109 Å². The van der Waals surface area contributed by atoms with Gasteiger partial charge in [0.25, 0.3) is 0 Å². The summed E-state index contributed by atoms with van der Waals surface area (Å²) in [5, 5.41) is 9.80. The van der Waals surface area contributed by atoms with Crippen molar-refractivity contribution in [3.8, 4) is 0 Å². The van der Waals surface area contributed by atoms with E-state index in [1.54, 1.807) is 6.08 Å². The van der Waals surface area contributed by atoms with Gasteiger partial charge >= 0.3 is 25.7 Å². The molecule has 0 rings (SSSR count). The first kappa shape index (κ1) is 72.1. The van der Waals surface area contributed by atoms with E-state index in [2.05, 4.69) is 106 Å². The predicted octanol–water partition coefficient (Wildman–Crippen LogP) is 17.8. The Morgan fingerprint density at radius 2 is 0.737 bits per heavy atom. The molecule has 0 aliphatic carbocycles. The number of carbonyl (C=O) groups excluding carboxylic acids is 3. The first-order valence-corrected chi connectivity index (χ1v) is 31.3. The molecule has 0 aliphatic heterocycles. The molecule has 76 heavy (non-hydrogen) atoms. The smallest absolute Gasteiger partial charge is 0.462 e. The van der Waals surface area contributed by atoms with Crippen LogP contribution in [0.4, 0.5) is 0 Å². The number of rotatable bonds is 54. The summed E-state index contributed by atoms with van der Waals surface area (Å²) in [5.41, 5.74) is 0. The maximum absolute atomic E-state index is 12.9. The third kappa shape index (κ3) is 54.9. The van der Waals surface area contributed by atoms with Crippen molar-refractivity contribution in [2.24, 2.45) is 0 Å². The van der Waals surface area contributed by atoms with Gasteiger partial charge in [0.2, 0.25) is 0 Å². The van der Waals surface area contributed by atoms with Crippen molar-refractivity contribution in [2.45, 2.75) is 251 Å². The highest BCUT2D eigenvalue weighted by molar-refractivity contribution is 7.47. The predicted molar refractivity (Wildman–Crippen MR) is 316 cm³/mol. The molecule has 0 aliphatic rings. The molecule has 12 heteroatoms. The normalized spacial score (nSPS) is 14.1. The van der Waals surface area contributed by atoms with Crippen LogP contribution in [0.1, 0.15) is 239 Å². The van der Waals surface area contributed by atoms with Gasteiger partial charge in [-0.1, -0.05) is 246 Å². The van der Waals surface area contributed by atoms with Crippen LogP contribution in [0, 0.1) is 0 Å². The van der Waals surface area contributed by atoms with Crippen molar-refractivity contribution in [1.29, 1.82) is 0 Å². The van der Waals surface area contributed by atoms with Gasteiger partial charge in [-0.3, -0.25) is 23.4 Å². The van der Waals surface area contributed by atoms with Crippen molar-refractivity contribution in [1.82, 2.24) is 0 Å². The minimum Gasteiger partial charge on any atom is -0.462 e. The van der Waals surface area contributed by atoms with Crippen LogP contribution in [0.15, 0.2) is 109 Å². The number of carbonyl (C=O) groups is 3. The van der Waals surface area contributed by atoms with Gasteiger partial charge in [-0.05, 0) is 83.5 Å². The molecule has 0 aromatic carbocycles. The highest BCUT2D eigenvalue weighted by atomic mass is 31.2. The molecular weight excluding hydrogens is 976 g/mol. The van der Waals surface area contributed by atoms with Crippen molar-refractivity contribution < 1.29 is 52.2 Å². The maximum atomic E-state index is 12.9. The number of allylic oxidation sites excluding steroid dienone is 17. The lowest BCUT2D eigenvalue weighted by atomic mass is 10.0. The summed E-state index contributed by atoms with van der Waals surface area (Å²) in [5.74, 6) is -1.63. The zero-order valence-corrected chi connectivity index (χ0v) is 48.8. The average Bonchev–Trinajstić information content (AvgIpc) is 3.41. The Balaban J connectivity index is 4.84. The number of hydrogen-bond acceptors (Lipinski definition) is 10. The van der Waals surface area contributed by atoms with Crippen molar-refractivity contribution in [3.63, 3.8) is 0 Å². The Hall–Kier alpha value is -3.86. The summed E-state index contributed by atoms with van der Waals surface area (Å²) in [6.45, 7) is 4.29. The van der Waals surface area contributed by atoms with E-state index in [-0.39, 0.29) is 25.9 Å². The van der Waals surface area contributed by atoms with E-state index < -0.39 is 57.8 Å². The van der Waals surface area contributed by atoms with Gasteiger partial charge in [0, 0.05) is 12.8 Å². The second-order valence-electron chi connectivity index (χ2n) is 19.4. The monoisotopic (exact) mass is 1080 g/mol. The quantitative estimate of drug-likeness (QED) is 0.0197. The van der Waals surface area contributed by atoms with Gasteiger partial charge in [-0.15, -0.1) is 0 Å². The molecule has 434 valence electrons. The lowest BCUT2D eigenvalue weighted by Crippen LogP contribution is -2.30. The molecule has 3 atom stereocenters. The Kier molecular flexibility index (Phi) is 54.4. The summed E-state index contributed by atoms with van der Waals surface area (Å²) in [6, 6.07) is 0. The lowest BCUT2D eigenvalue weighted by Gasteiger charge is -2.21. The first-order chi connectivity index (χ1) is 37.2. The largest absolute Gasteiger partial charge is 0.472 e. The van der Waals surface area contributed by atoms with Crippen LogP contribution in [0.5, 0.6) is 0 Å². The number of aliphatic hydroxyl groups is 1. The minimum atomic E-state index is -4.79. The van der Waals surface area contributed by atoms with E-state index in [0.717, 1.165) is 96.3 Å². The lowest BCUT2D eigenvalue weighted by molar-refractivity contribution is -0.161. The zero-order chi connectivity index (χ0) is 55.5. The summed E-state index contributed by atoms with van der Waals surface area (Å²) >= 11 is 0. The number of ether oxygens (including phenoxy) is 3. The SMILES string of the molecule is CC/C=C\C/C=C\C/C=C\C/C=C\C/C=C\CC(=O)OC(CO)COP(=O)(O)OCC(COC(=O)CCCCCCCCCCCCCCCCCCC)OC(=O)CCCCCC/C=C\C/C=C\C/C=C\C/C=C\CC. The van der Waals surface area contributed by atoms with Gasteiger partial charge in [-0.2, -0.15) is 0 Å². The number of esters is 3. The molecule has 0 bridgehead atoms. The van der Waals surface area contributed by atoms with Crippen molar-refractivity contribution in [2.75, 3.05) is 26.4 Å². The zero-order valence-electron chi connectivity index (χ0n) is 47.9. The second kappa shape index (κ2) is 57.3. The number of phosphoric acid groups is 1. The third-order valence-corrected chi connectivity index (χ3v) is 13.2. The average molecular weight is 1080 g/mol. The summed E-state index contributed by atoms with van der Waals surface area (Å²) in [4.78, 5) is 48.5. The van der Waals surface area contributed by atoms with Crippen LogP contribution in [0.25, 0.3) is 0 Å². The van der Waals surface area contributed by atoms with E-state index in [4.69, 9.17) is 23.3 Å². The number of aliphatic hydroxyl groups excluding tert-OH is 1. The second-order valence-corrected chi connectivity index (χ2v) is 20.9. The summed E-state index contributed by atoms with van der Waals surface area (Å²) < 4.78 is 39.4. The Bertz CT molecular complexity index is 1690. The molecule has 0 saturated carbocycles. The molecular formula is C64H107O11P. The molecule has 3 unspecified atom stereocenters. The fourth-order valence-electron chi connectivity index (χ4n) is 7.78. The van der Waals surface area contributed by atoms with Gasteiger partial charge in [0.1, 0.15) is 12.7 Å². The fourth-order valence-corrected chi connectivity index (χ4v) is 8.56. The molecule has 0 aromatic heterocycles.